The van der Waals surface area contributed by atoms with E-state index >= 15 is 0 Å². The van der Waals surface area contributed by atoms with Crippen LogP contribution in [0, 0.1) is 0 Å². The predicted molar refractivity (Wildman–Crippen MR) is 86.2 cm³/mol. The van der Waals surface area contributed by atoms with Gasteiger partial charge in [-0.25, -0.2) is 0 Å². The molecule has 118 valence electrons. The maximum atomic E-state index is 12.5. The van der Waals surface area contributed by atoms with Crippen LogP contribution in [-0.4, -0.2) is 36.5 Å². The highest BCUT2D eigenvalue weighted by molar-refractivity contribution is 9.10. The third-order valence-corrected chi connectivity index (χ3v) is 4.79. The van der Waals surface area contributed by atoms with E-state index in [1.165, 1.54) is 0 Å². The minimum absolute atomic E-state index is 0.0325. The molecule has 3 N–H and O–H groups in total. The van der Waals surface area contributed by atoms with Gasteiger partial charge in [-0.3, -0.25) is 9.59 Å². The molecule has 1 unspecified atom stereocenters. The van der Waals surface area contributed by atoms with Crippen LogP contribution in [0.2, 0.25) is 0 Å². The Morgan fingerprint density at radius 1 is 1.45 bits per heavy atom. The summed E-state index contributed by atoms with van der Waals surface area (Å²) in [6, 6.07) is 3.42. The van der Waals surface area contributed by atoms with Gasteiger partial charge in [0.25, 0.3) is 11.8 Å². The lowest BCUT2D eigenvalue weighted by molar-refractivity contribution is -0.118. The molecule has 1 fully saturated rings. The van der Waals surface area contributed by atoms with Crippen LogP contribution in [0.15, 0.2) is 16.6 Å². The van der Waals surface area contributed by atoms with E-state index in [2.05, 4.69) is 45.7 Å². The molecule has 7 heteroatoms. The third-order valence-electron chi connectivity index (χ3n) is 4.14. The van der Waals surface area contributed by atoms with Gasteiger partial charge in [-0.1, -0.05) is 0 Å². The average molecular weight is 368 g/mol. The first-order chi connectivity index (χ1) is 10.4. The van der Waals surface area contributed by atoms with Gasteiger partial charge < -0.3 is 20.7 Å². The normalized spacial score (nSPS) is 22.5. The molecule has 6 nitrogen and oxygen atoms in total. The number of carbonyl (C=O) groups excluding carboxylic acids is 2. The molecule has 1 atom stereocenters. The Kier molecular flexibility index (Phi) is 3.86. The average Bonchev–Trinajstić information content (AvgIpc) is 2.76. The van der Waals surface area contributed by atoms with Crippen LogP contribution in [0.25, 0.3) is 0 Å². The summed E-state index contributed by atoms with van der Waals surface area (Å²) in [5, 5.41) is 9.16. The van der Waals surface area contributed by atoms with Gasteiger partial charge in [0.2, 0.25) is 0 Å². The number of rotatable bonds is 2. The molecule has 2 heterocycles. The molecule has 22 heavy (non-hydrogen) atoms. The fourth-order valence-electron chi connectivity index (χ4n) is 2.79. The number of benzene rings is 1. The van der Waals surface area contributed by atoms with E-state index in [-0.39, 0.29) is 30.0 Å². The summed E-state index contributed by atoms with van der Waals surface area (Å²) < 4.78 is 5.99. The van der Waals surface area contributed by atoms with E-state index in [0.29, 0.717) is 21.5 Å². The van der Waals surface area contributed by atoms with Gasteiger partial charge in [0.05, 0.1) is 11.3 Å². The molecular formula is C15H18BrN3O3. The van der Waals surface area contributed by atoms with Crippen LogP contribution in [0.3, 0.4) is 0 Å². The molecule has 0 aliphatic carbocycles. The third kappa shape index (κ3) is 2.83. The Labute approximate surface area is 137 Å². The van der Waals surface area contributed by atoms with Crippen LogP contribution in [-0.2, 0) is 4.79 Å². The summed E-state index contributed by atoms with van der Waals surface area (Å²) in [6.07, 6.45) is 0.897. The fraction of sp³-hybridized carbons (Fsp3) is 0.467. The van der Waals surface area contributed by atoms with Gasteiger partial charge in [0, 0.05) is 16.1 Å². The molecule has 1 aromatic carbocycles. The van der Waals surface area contributed by atoms with Crippen LogP contribution >= 0.6 is 15.9 Å². The van der Waals surface area contributed by atoms with E-state index in [1.54, 1.807) is 12.1 Å². The topological polar surface area (TPSA) is 79.5 Å². The summed E-state index contributed by atoms with van der Waals surface area (Å²) in [6.45, 7) is 5.00. The Balaban J connectivity index is 1.82. The number of ether oxygens (including phenoxy) is 1. The van der Waals surface area contributed by atoms with Crippen molar-refractivity contribution in [1.29, 1.82) is 0 Å². The van der Waals surface area contributed by atoms with E-state index < -0.39 is 0 Å². The van der Waals surface area contributed by atoms with Gasteiger partial charge in [0.15, 0.2) is 6.61 Å². The van der Waals surface area contributed by atoms with Crippen LogP contribution in [0.1, 0.15) is 30.6 Å². The molecule has 0 aromatic heterocycles. The molecule has 1 aromatic rings. The standard InChI is InChI=1S/C15H18BrN3O3/c1-15(2)12(3-4-17-15)19-14(21)8-5-11-10(6-9(8)16)18-13(20)7-22-11/h5-6,12,17H,3-4,7H2,1-2H3,(H,18,20)(H,19,21). The maximum absolute atomic E-state index is 12.5. The summed E-state index contributed by atoms with van der Waals surface area (Å²) in [5.74, 6) is 0.157. The summed E-state index contributed by atoms with van der Waals surface area (Å²) in [4.78, 5) is 23.9. The smallest absolute Gasteiger partial charge is 0.262 e. The van der Waals surface area contributed by atoms with Crippen molar-refractivity contribution in [3.63, 3.8) is 0 Å². The van der Waals surface area contributed by atoms with E-state index in [0.717, 1.165) is 13.0 Å². The van der Waals surface area contributed by atoms with Gasteiger partial charge in [-0.2, -0.15) is 0 Å². The zero-order valence-corrected chi connectivity index (χ0v) is 14.0. The molecule has 0 spiro atoms. The maximum Gasteiger partial charge on any atom is 0.262 e. The molecule has 3 rings (SSSR count). The number of carbonyl (C=O) groups is 2. The van der Waals surface area contributed by atoms with Crippen LogP contribution < -0.4 is 20.7 Å². The first-order valence-electron chi connectivity index (χ1n) is 7.19. The Hall–Kier alpha value is -1.60. The highest BCUT2D eigenvalue weighted by Crippen LogP contribution is 2.34. The molecule has 2 aliphatic rings. The molecule has 0 radical (unpaired) electrons. The molecule has 0 saturated carbocycles. The highest BCUT2D eigenvalue weighted by Gasteiger charge is 2.35. The van der Waals surface area contributed by atoms with Gasteiger partial charge in [-0.05, 0) is 54.9 Å². The Morgan fingerprint density at radius 3 is 2.91 bits per heavy atom. The Bertz CT molecular complexity index is 645. The van der Waals surface area contributed by atoms with Crippen LogP contribution in [0.4, 0.5) is 5.69 Å². The number of hydrogen-bond donors (Lipinski definition) is 3. The number of halogens is 1. The predicted octanol–water partition coefficient (Wildman–Crippen LogP) is 1.65. The monoisotopic (exact) mass is 367 g/mol. The van der Waals surface area contributed by atoms with Crippen molar-refractivity contribution >= 4 is 33.4 Å². The van der Waals surface area contributed by atoms with Crippen molar-refractivity contribution in [3.8, 4) is 5.75 Å². The van der Waals surface area contributed by atoms with Gasteiger partial charge >= 0.3 is 0 Å². The molecule has 2 aliphatic heterocycles. The number of nitrogens with one attached hydrogen (secondary N) is 3. The zero-order valence-electron chi connectivity index (χ0n) is 12.5. The molecule has 2 amide bonds. The lowest BCUT2D eigenvalue weighted by Gasteiger charge is -2.28. The minimum Gasteiger partial charge on any atom is -0.482 e. The molecule has 1 saturated heterocycles. The largest absolute Gasteiger partial charge is 0.482 e. The Morgan fingerprint density at radius 2 is 2.23 bits per heavy atom. The lowest BCUT2D eigenvalue weighted by Crippen LogP contribution is -2.50. The number of fused-ring (bicyclic) bond motifs is 1. The molecular weight excluding hydrogens is 350 g/mol. The summed E-state index contributed by atoms with van der Waals surface area (Å²) >= 11 is 3.39. The second-order valence-electron chi connectivity index (χ2n) is 6.13. The second-order valence-corrected chi connectivity index (χ2v) is 6.98. The summed E-state index contributed by atoms with van der Waals surface area (Å²) in [7, 11) is 0. The zero-order chi connectivity index (χ0) is 15.9. The van der Waals surface area contributed by atoms with Gasteiger partial charge in [-0.15, -0.1) is 0 Å². The number of hydrogen-bond acceptors (Lipinski definition) is 4. The van der Waals surface area contributed by atoms with Crippen molar-refractivity contribution in [1.82, 2.24) is 10.6 Å². The van der Waals surface area contributed by atoms with Crippen molar-refractivity contribution in [3.05, 3.63) is 22.2 Å². The van der Waals surface area contributed by atoms with E-state index in [4.69, 9.17) is 4.74 Å². The van der Waals surface area contributed by atoms with Gasteiger partial charge in [0.1, 0.15) is 5.75 Å². The van der Waals surface area contributed by atoms with Crippen molar-refractivity contribution in [2.75, 3.05) is 18.5 Å². The van der Waals surface area contributed by atoms with Crippen molar-refractivity contribution < 1.29 is 14.3 Å². The second kappa shape index (κ2) is 5.55. The first-order valence-corrected chi connectivity index (χ1v) is 7.98. The quantitative estimate of drug-likeness (QED) is 0.742. The SMILES string of the molecule is CC1(C)NCCC1NC(=O)c1cc2c(cc1Br)NC(=O)CO2. The lowest BCUT2D eigenvalue weighted by atomic mass is 9.96. The summed E-state index contributed by atoms with van der Waals surface area (Å²) in [5.41, 5.74) is 0.945. The number of amides is 2. The highest BCUT2D eigenvalue weighted by atomic mass is 79.9. The minimum atomic E-state index is -0.199. The van der Waals surface area contributed by atoms with Crippen molar-refractivity contribution in [2.24, 2.45) is 0 Å². The first kappa shape index (κ1) is 15.3. The van der Waals surface area contributed by atoms with E-state index in [9.17, 15) is 9.59 Å². The van der Waals surface area contributed by atoms with E-state index in [1.807, 2.05) is 0 Å². The van der Waals surface area contributed by atoms with Crippen LogP contribution in [0.5, 0.6) is 5.75 Å². The number of anilines is 1. The molecule has 0 bridgehead atoms. The van der Waals surface area contributed by atoms with Crippen molar-refractivity contribution in [2.45, 2.75) is 31.8 Å². The fourth-order valence-corrected chi connectivity index (χ4v) is 3.31.